The summed E-state index contributed by atoms with van der Waals surface area (Å²) in [6.07, 6.45) is 0. The van der Waals surface area contributed by atoms with Crippen LogP contribution in [0.5, 0.6) is 0 Å². The summed E-state index contributed by atoms with van der Waals surface area (Å²) < 4.78 is 0. The van der Waals surface area contributed by atoms with Gasteiger partial charge in [-0.3, -0.25) is 4.79 Å². The van der Waals surface area contributed by atoms with Crippen molar-refractivity contribution >= 4 is 33.6 Å². The molecule has 1 amide bonds. The Morgan fingerprint density at radius 2 is 1.88 bits per heavy atom. The van der Waals surface area contributed by atoms with Crippen LogP contribution in [0.15, 0.2) is 47.5 Å². The first-order chi connectivity index (χ1) is 8.25. The van der Waals surface area contributed by atoms with Crippen molar-refractivity contribution < 1.29 is 4.79 Å². The summed E-state index contributed by atoms with van der Waals surface area (Å²) in [5.74, 6) is -0.163. The molecule has 2 N–H and O–H groups in total. The highest BCUT2D eigenvalue weighted by Crippen LogP contribution is 2.38. The SMILES string of the molecule is NC1=NC(=O)C(c2cccc3ccccc23)S1. The number of nitrogens with two attached hydrogens (primary N) is 1. The monoisotopic (exact) mass is 242 g/mol. The van der Waals surface area contributed by atoms with Gasteiger partial charge in [0.2, 0.25) is 0 Å². The number of amidine groups is 1. The Bertz CT molecular complexity index is 631. The van der Waals surface area contributed by atoms with Crippen LogP contribution in [0.3, 0.4) is 0 Å². The van der Waals surface area contributed by atoms with E-state index >= 15 is 0 Å². The van der Waals surface area contributed by atoms with E-state index in [1.165, 1.54) is 11.8 Å². The molecule has 0 fully saturated rings. The van der Waals surface area contributed by atoms with Crippen molar-refractivity contribution in [1.82, 2.24) is 0 Å². The van der Waals surface area contributed by atoms with Gasteiger partial charge in [-0.05, 0) is 16.3 Å². The van der Waals surface area contributed by atoms with E-state index in [2.05, 4.69) is 4.99 Å². The zero-order valence-corrected chi connectivity index (χ0v) is 9.78. The van der Waals surface area contributed by atoms with Crippen LogP contribution < -0.4 is 5.73 Å². The maximum absolute atomic E-state index is 11.7. The van der Waals surface area contributed by atoms with Crippen LogP contribution >= 0.6 is 11.8 Å². The van der Waals surface area contributed by atoms with Crippen LogP contribution in [0, 0.1) is 0 Å². The first-order valence-electron chi connectivity index (χ1n) is 5.28. The number of aliphatic imine (C=N–C) groups is 1. The minimum Gasteiger partial charge on any atom is -0.378 e. The van der Waals surface area contributed by atoms with E-state index in [-0.39, 0.29) is 11.2 Å². The lowest BCUT2D eigenvalue weighted by atomic mass is 10.0. The van der Waals surface area contributed by atoms with Gasteiger partial charge in [0.05, 0.1) is 0 Å². The molecule has 0 bridgehead atoms. The standard InChI is InChI=1S/C13H10N2OS/c14-13-15-12(16)11(17-13)10-7-3-5-8-4-1-2-6-9(8)10/h1-7,11H,(H2,14,15,16). The van der Waals surface area contributed by atoms with Gasteiger partial charge in [-0.25, -0.2) is 0 Å². The van der Waals surface area contributed by atoms with Crippen LogP contribution in [-0.2, 0) is 4.79 Å². The molecule has 3 nitrogen and oxygen atoms in total. The van der Waals surface area contributed by atoms with E-state index in [0.717, 1.165) is 16.3 Å². The van der Waals surface area contributed by atoms with Gasteiger partial charge in [-0.2, -0.15) is 4.99 Å². The molecule has 0 saturated heterocycles. The molecule has 0 aromatic heterocycles. The molecule has 0 saturated carbocycles. The highest BCUT2D eigenvalue weighted by molar-refractivity contribution is 8.15. The largest absolute Gasteiger partial charge is 0.378 e. The number of carbonyl (C=O) groups excluding carboxylic acids is 1. The predicted molar refractivity (Wildman–Crippen MR) is 70.9 cm³/mol. The highest BCUT2D eigenvalue weighted by Gasteiger charge is 2.29. The Kier molecular flexibility index (Phi) is 2.37. The lowest BCUT2D eigenvalue weighted by molar-refractivity contribution is -0.117. The van der Waals surface area contributed by atoms with Crippen LogP contribution in [0.25, 0.3) is 10.8 Å². The molecule has 3 rings (SSSR count). The van der Waals surface area contributed by atoms with E-state index in [1.54, 1.807) is 0 Å². The number of nitrogens with zero attached hydrogens (tertiary/aromatic N) is 1. The average Bonchev–Trinajstić information content (AvgIpc) is 2.68. The van der Waals surface area contributed by atoms with E-state index in [0.29, 0.717) is 5.17 Å². The molecule has 0 spiro atoms. The van der Waals surface area contributed by atoms with Crippen molar-refractivity contribution in [3.63, 3.8) is 0 Å². The van der Waals surface area contributed by atoms with E-state index in [1.807, 2.05) is 42.5 Å². The molecule has 2 aromatic rings. The number of fused-ring (bicyclic) bond motifs is 1. The number of hydrogen-bond donors (Lipinski definition) is 1. The summed E-state index contributed by atoms with van der Waals surface area (Å²) in [6, 6.07) is 14.0. The van der Waals surface area contributed by atoms with Crippen molar-refractivity contribution in [2.45, 2.75) is 5.25 Å². The number of benzene rings is 2. The number of rotatable bonds is 1. The Morgan fingerprint density at radius 3 is 2.65 bits per heavy atom. The second-order valence-corrected chi connectivity index (χ2v) is 4.98. The number of thioether (sulfide) groups is 1. The minimum atomic E-state index is -0.291. The fourth-order valence-electron chi connectivity index (χ4n) is 2.04. The van der Waals surface area contributed by atoms with Crippen LogP contribution in [-0.4, -0.2) is 11.1 Å². The lowest BCUT2D eigenvalue weighted by Gasteiger charge is -2.10. The van der Waals surface area contributed by atoms with Crippen molar-refractivity contribution in [3.8, 4) is 0 Å². The lowest BCUT2D eigenvalue weighted by Crippen LogP contribution is -2.03. The average molecular weight is 242 g/mol. The van der Waals surface area contributed by atoms with Crippen LogP contribution in [0.4, 0.5) is 0 Å². The van der Waals surface area contributed by atoms with Crippen LogP contribution in [0.1, 0.15) is 10.8 Å². The molecule has 1 aliphatic rings. The predicted octanol–water partition coefficient (Wildman–Crippen LogP) is 2.47. The second-order valence-electron chi connectivity index (χ2n) is 3.85. The highest BCUT2D eigenvalue weighted by atomic mass is 32.2. The third kappa shape index (κ3) is 1.70. The molecular weight excluding hydrogens is 232 g/mol. The van der Waals surface area contributed by atoms with Gasteiger partial charge in [-0.1, -0.05) is 54.2 Å². The molecule has 1 atom stereocenters. The summed E-state index contributed by atoms with van der Waals surface area (Å²) in [6.45, 7) is 0. The van der Waals surface area contributed by atoms with Crippen LogP contribution in [0.2, 0.25) is 0 Å². The van der Waals surface area contributed by atoms with Gasteiger partial charge in [-0.15, -0.1) is 0 Å². The smallest absolute Gasteiger partial charge is 0.266 e. The molecule has 2 aromatic carbocycles. The topological polar surface area (TPSA) is 55.4 Å². The van der Waals surface area contributed by atoms with Gasteiger partial charge in [0, 0.05) is 0 Å². The number of hydrogen-bond acceptors (Lipinski definition) is 3. The number of carbonyl (C=O) groups is 1. The van der Waals surface area contributed by atoms with Gasteiger partial charge in [0.15, 0.2) is 5.17 Å². The summed E-state index contributed by atoms with van der Waals surface area (Å²) in [7, 11) is 0. The molecule has 1 aliphatic heterocycles. The maximum Gasteiger partial charge on any atom is 0.266 e. The summed E-state index contributed by atoms with van der Waals surface area (Å²) >= 11 is 1.32. The van der Waals surface area contributed by atoms with Crippen molar-refractivity contribution in [1.29, 1.82) is 0 Å². The molecule has 0 aliphatic carbocycles. The zero-order chi connectivity index (χ0) is 11.8. The Balaban J connectivity index is 2.16. The molecule has 4 heteroatoms. The second kappa shape index (κ2) is 3.89. The van der Waals surface area contributed by atoms with Gasteiger partial charge in [0.25, 0.3) is 5.91 Å². The van der Waals surface area contributed by atoms with E-state index in [9.17, 15) is 4.79 Å². The van der Waals surface area contributed by atoms with Crippen molar-refractivity contribution in [2.75, 3.05) is 0 Å². The fourth-order valence-corrected chi connectivity index (χ4v) is 2.91. The number of amides is 1. The summed E-state index contributed by atoms with van der Waals surface area (Å²) in [4.78, 5) is 15.5. The Morgan fingerprint density at radius 1 is 1.12 bits per heavy atom. The Labute approximate surface area is 103 Å². The molecule has 84 valence electrons. The van der Waals surface area contributed by atoms with E-state index < -0.39 is 0 Å². The first-order valence-corrected chi connectivity index (χ1v) is 6.16. The first kappa shape index (κ1) is 10.4. The van der Waals surface area contributed by atoms with Crippen molar-refractivity contribution in [3.05, 3.63) is 48.0 Å². The molecule has 1 unspecified atom stereocenters. The molecule has 1 heterocycles. The maximum atomic E-state index is 11.7. The quantitative estimate of drug-likeness (QED) is 0.835. The van der Waals surface area contributed by atoms with Gasteiger partial charge in [0.1, 0.15) is 5.25 Å². The molecular formula is C13H10N2OS. The zero-order valence-electron chi connectivity index (χ0n) is 8.96. The van der Waals surface area contributed by atoms with E-state index in [4.69, 9.17) is 5.73 Å². The van der Waals surface area contributed by atoms with Crippen molar-refractivity contribution in [2.24, 2.45) is 10.7 Å². The minimum absolute atomic E-state index is 0.163. The summed E-state index contributed by atoms with van der Waals surface area (Å²) in [5.41, 5.74) is 6.58. The third-order valence-electron chi connectivity index (χ3n) is 2.79. The fraction of sp³-hybridized carbons (Fsp3) is 0.0769. The Hall–Kier alpha value is -1.81. The summed E-state index contributed by atoms with van der Waals surface area (Å²) in [5, 5.41) is 2.28. The third-order valence-corrected chi connectivity index (χ3v) is 3.81. The van der Waals surface area contributed by atoms with Gasteiger partial charge < -0.3 is 5.73 Å². The molecule has 0 radical (unpaired) electrons. The normalized spacial score (nSPS) is 19.6. The molecule has 17 heavy (non-hydrogen) atoms. The van der Waals surface area contributed by atoms with Gasteiger partial charge >= 0.3 is 0 Å².